The molecule has 0 spiro atoms. The predicted octanol–water partition coefficient (Wildman–Crippen LogP) is 3.91. The third-order valence-corrected chi connectivity index (χ3v) is 6.52. The Hall–Kier alpha value is -2.66. The van der Waals surface area contributed by atoms with Crippen LogP contribution >= 0.6 is 0 Å². The van der Waals surface area contributed by atoms with Gasteiger partial charge >= 0.3 is 0 Å². The topological polar surface area (TPSA) is 52.7 Å². The number of amides is 2. The first-order chi connectivity index (χ1) is 15.2. The number of carbonyl (C=O) groups excluding carboxylic acids is 2. The summed E-state index contributed by atoms with van der Waals surface area (Å²) in [5, 5.41) is 3.21. The molecule has 2 fully saturated rings. The van der Waals surface area contributed by atoms with E-state index in [1.54, 1.807) is 4.90 Å². The van der Waals surface area contributed by atoms with E-state index in [2.05, 4.69) is 34.5 Å². The number of hydrogen-bond acceptors (Lipinski definition) is 3. The van der Waals surface area contributed by atoms with Crippen LogP contribution in [0.4, 0.5) is 0 Å². The molecule has 2 heterocycles. The fourth-order valence-electron chi connectivity index (χ4n) is 4.84. The highest BCUT2D eigenvalue weighted by atomic mass is 16.2. The maximum atomic E-state index is 13.4. The molecule has 0 saturated carbocycles. The van der Waals surface area contributed by atoms with Gasteiger partial charge in [-0.05, 0) is 43.4 Å². The fourth-order valence-corrected chi connectivity index (χ4v) is 4.84. The monoisotopic (exact) mass is 419 g/mol. The van der Waals surface area contributed by atoms with Crippen molar-refractivity contribution in [2.24, 2.45) is 0 Å². The first-order valence-corrected chi connectivity index (χ1v) is 11.6. The second-order valence-corrected chi connectivity index (χ2v) is 8.71. The molecule has 5 nitrogen and oxygen atoms in total. The van der Waals surface area contributed by atoms with Gasteiger partial charge in [0, 0.05) is 32.1 Å². The van der Waals surface area contributed by atoms with Crippen molar-refractivity contribution in [1.82, 2.24) is 15.1 Å². The minimum atomic E-state index is -0.542. The molecule has 4 rings (SSSR count). The quantitative estimate of drug-likeness (QED) is 0.740. The van der Waals surface area contributed by atoms with Crippen molar-refractivity contribution in [1.29, 1.82) is 0 Å². The molecule has 0 aliphatic carbocycles. The van der Waals surface area contributed by atoms with Crippen LogP contribution in [-0.2, 0) is 16.1 Å². The van der Waals surface area contributed by atoms with Gasteiger partial charge in [-0.3, -0.25) is 14.5 Å². The lowest BCUT2D eigenvalue weighted by molar-refractivity contribution is -0.142. The Balaban J connectivity index is 1.44. The number of rotatable bonds is 7. The summed E-state index contributed by atoms with van der Waals surface area (Å²) in [6, 6.07) is 20.0. The number of likely N-dealkylation sites (tertiary alicyclic amines) is 2. The van der Waals surface area contributed by atoms with Crippen LogP contribution in [0.3, 0.4) is 0 Å². The molecule has 2 amide bonds. The van der Waals surface area contributed by atoms with Gasteiger partial charge in [-0.25, -0.2) is 0 Å². The van der Waals surface area contributed by atoms with E-state index >= 15 is 0 Å². The molecule has 2 unspecified atom stereocenters. The van der Waals surface area contributed by atoms with Crippen molar-refractivity contribution in [2.45, 2.75) is 57.2 Å². The van der Waals surface area contributed by atoms with Crippen molar-refractivity contribution in [3.63, 3.8) is 0 Å². The number of nitrogens with one attached hydrogen (secondary N) is 1. The second kappa shape index (κ2) is 10.6. The van der Waals surface area contributed by atoms with Gasteiger partial charge in [0.25, 0.3) is 0 Å². The molecule has 0 radical (unpaired) electrons. The smallest absolute Gasteiger partial charge is 0.247 e. The zero-order valence-corrected chi connectivity index (χ0v) is 18.2. The number of nitrogens with zero attached hydrogens (tertiary/aromatic N) is 2. The highest BCUT2D eigenvalue weighted by Crippen LogP contribution is 2.26. The van der Waals surface area contributed by atoms with Crippen LogP contribution < -0.4 is 5.32 Å². The van der Waals surface area contributed by atoms with Gasteiger partial charge in [-0.15, -0.1) is 0 Å². The van der Waals surface area contributed by atoms with Crippen LogP contribution in [-0.4, -0.2) is 47.3 Å². The van der Waals surface area contributed by atoms with Crippen molar-refractivity contribution < 1.29 is 9.59 Å². The molecular weight excluding hydrogens is 386 g/mol. The number of hydrogen-bond donors (Lipinski definition) is 1. The van der Waals surface area contributed by atoms with E-state index in [-0.39, 0.29) is 11.8 Å². The van der Waals surface area contributed by atoms with Gasteiger partial charge in [-0.1, -0.05) is 67.1 Å². The molecule has 5 heteroatoms. The van der Waals surface area contributed by atoms with Crippen molar-refractivity contribution in [3.05, 3.63) is 71.8 Å². The van der Waals surface area contributed by atoms with Gasteiger partial charge in [0.1, 0.15) is 6.04 Å². The van der Waals surface area contributed by atoms with E-state index in [9.17, 15) is 9.59 Å². The fraction of sp³-hybridized carbons (Fsp3) is 0.462. The molecular formula is C26H33N3O2. The standard InChI is InChI=1S/C26H33N3O2/c30-24-16-8-10-18-29(24)25(22-13-5-2-6-14-22)26(31)27-19-23-15-7-9-17-28(23)20-21-11-3-1-4-12-21/h1-6,11-14,23,25H,7-10,15-20H2,(H,27,31). The maximum Gasteiger partial charge on any atom is 0.247 e. The van der Waals surface area contributed by atoms with Gasteiger partial charge in [-0.2, -0.15) is 0 Å². The Labute approximate surface area is 185 Å². The molecule has 1 N–H and O–H groups in total. The Morgan fingerprint density at radius 1 is 0.935 bits per heavy atom. The zero-order chi connectivity index (χ0) is 21.5. The lowest BCUT2D eigenvalue weighted by Crippen LogP contribution is -2.50. The molecule has 2 atom stereocenters. The summed E-state index contributed by atoms with van der Waals surface area (Å²) >= 11 is 0. The molecule has 2 aromatic rings. The Bertz CT molecular complexity index is 855. The average Bonchev–Trinajstić information content (AvgIpc) is 2.81. The lowest BCUT2D eigenvalue weighted by Gasteiger charge is -2.37. The molecule has 0 bridgehead atoms. The van der Waals surface area contributed by atoms with Crippen molar-refractivity contribution in [2.75, 3.05) is 19.6 Å². The van der Waals surface area contributed by atoms with Crippen molar-refractivity contribution in [3.8, 4) is 0 Å². The molecule has 2 aliphatic heterocycles. The summed E-state index contributed by atoms with van der Waals surface area (Å²) in [7, 11) is 0. The van der Waals surface area contributed by atoms with Crippen LogP contribution in [0.2, 0.25) is 0 Å². The van der Waals surface area contributed by atoms with E-state index in [0.29, 0.717) is 25.6 Å². The summed E-state index contributed by atoms with van der Waals surface area (Å²) in [4.78, 5) is 30.2. The number of piperidine rings is 2. The summed E-state index contributed by atoms with van der Waals surface area (Å²) in [6.07, 6.45) is 5.88. The summed E-state index contributed by atoms with van der Waals surface area (Å²) in [6.45, 7) is 3.24. The number of benzene rings is 2. The summed E-state index contributed by atoms with van der Waals surface area (Å²) in [5.41, 5.74) is 2.20. The molecule has 164 valence electrons. The van der Waals surface area contributed by atoms with Gasteiger partial charge in [0.05, 0.1) is 0 Å². The zero-order valence-electron chi connectivity index (χ0n) is 18.2. The molecule has 2 aliphatic rings. The highest BCUT2D eigenvalue weighted by molar-refractivity contribution is 5.89. The van der Waals surface area contributed by atoms with E-state index in [1.807, 2.05) is 36.4 Å². The van der Waals surface area contributed by atoms with E-state index < -0.39 is 6.04 Å². The Morgan fingerprint density at radius 3 is 2.39 bits per heavy atom. The first-order valence-electron chi connectivity index (χ1n) is 11.6. The van der Waals surface area contributed by atoms with Crippen LogP contribution in [0, 0.1) is 0 Å². The average molecular weight is 420 g/mol. The molecule has 2 saturated heterocycles. The van der Waals surface area contributed by atoms with Gasteiger partial charge in [0.15, 0.2) is 0 Å². The lowest BCUT2D eigenvalue weighted by atomic mass is 9.99. The van der Waals surface area contributed by atoms with E-state index in [4.69, 9.17) is 0 Å². The Morgan fingerprint density at radius 2 is 1.65 bits per heavy atom. The third kappa shape index (κ3) is 5.53. The van der Waals surface area contributed by atoms with Crippen molar-refractivity contribution >= 4 is 11.8 Å². The highest BCUT2D eigenvalue weighted by Gasteiger charge is 2.33. The molecule has 2 aromatic carbocycles. The third-order valence-electron chi connectivity index (χ3n) is 6.52. The van der Waals surface area contributed by atoms with Crippen LogP contribution in [0.1, 0.15) is 55.7 Å². The Kier molecular flexibility index (Phi) is 7.36. The predicted molar refractivity (Wildman–Crippen MR) is 122 cm³/mol. The minimum Gasteiger partial charge on any atom is -0.352 e. The molecule has 0 aromatic heterocycles. The van der Waals surface area contributed by atoms with Crippen LogP contribution in [0.5, 0.6) is 0 Å². The van der Waals surface area contributed by atoms with E-state index in [0.717, 1.165) is 37.9 Å². The maximum absolute atomic E-state index is 13.4. The van der Waals surface area contributed by atoms with E-state index in [1.165, 1.54) is 18.4 Å². The number of carbonyl (C=O) groups is 2. The molecule has 31 heavy (non-hydrogen) atoms. The van der Waals surface area contributed by atoms with Crippen LogP contribution in [0.15, 0.2) is 60.7 Å². The minimum absolute atomic E-state index is 0.0633. The largest absolute Gasteiger partial charge is 0.352 e. The summed E-state index contributed by atoms with van der Waals surface area (Å²) < 4.78 is 0. The first kappa shape index (κ1) is 21.6. The van der Waals surface area contributed by atoms with Crippen LogP contribution in [0.25, 0.3) is 0 Å². The normalized spacial score (nSPS) is 21.0. The SMILES string of the molecule is O=C(NCC1CCCCN1Cc1ccccc1)C(c1ccccc1)N1CCCCC1=O. The van der Waals surface area contributed by atoms with Gasteiger partial charge < -0.3 is 10.2 Å². The summed E-state index contributed by atoms with van der Waals surface area (Å²) in [5.74, 6) is 0.0188. The second-order valence-electron chi connectivity index (χ2n) is 8.71. The van der Waals surface area contributed by atoms with Gasteiger partial charge in [0.2, 0.25) is 11.8 Å².